The Morgan fingerprint density at radius 3 is 2.33 bits per heavy atom. The van der Waals surface area contributed by atoms with Crippen LogP contribution in [0.1, 0.15) is 13.8 Å². The van der Waals surface area contributed by atoms with Crippen molar-refractivity contribution in [2.24, 2.45) is 0 Å². The fraction of sp³-hybridized carbons (Fsp3) is 0.667. The fourth-order valence-electron chi connectivity index (χ4n) is 1.37. The highest BCUT2D eigenvalue weighted by Gasteiger charge is 2.07. The first kappa shape index (κ1) is 16.7. The number of carbonyl (C=O) groups excluding carboxylic acids is 1. The van der Waals surface area contributed by atoms with Gasteiger partial charge < -0.3 is 25.6 Å². The molecule has 0 radical (unpaired) electrons. The van der Waals surface area contributed by atoms with Crippen molar-refractivity contribution in [1.82, 2.24) is 25.2 Å². The van der Waals surface area contributed by atoms with Crippen LogP contribution in [0.4, 0.5) is 16.7 Å². The summed E-state index contributed by atoms with van der Waals surface area (Å²) < 4.78 is 5.29. The largest absolute Gasteiger partial charge is 0.464 e. The quantitative estimate of drug-likeness (QED) is 0.596. The summed E-state index contributed by atoms with van der Waals surface area (Å²) in [6.45, 7) is 5.96. The van der Waals surface area contributed by atoms with Gasteiger partial charge in [-0.3, -0.25) is 0 Å². The summed E-state index contributed by atoms with van der Waals surface area (Å²) in [6.07, 6.45) is 0. The zero-order valence-electron chi connectivity index (χ0n) is 12.9. The van der Waals surface area contributed by atoms with Gasteiger partial charge in [-0.2, -0.15) is 15.0 Å². The second kappa shape index (κ2) is 8.77. The molecule has 0 aliphatic rings. The van der Waals surface area contributed by atoms with Gasteiger partial charge in [-0.05, 0) is 13.8 Å². The average molecular weight is 297 g/mol. The standard InChI is InChI=1S/C12H23N7O2/c1-5-13-9-16-10(18-11(17-9)21-6-2)14-7-8-15-12(20)19(3)4/h5-8H2,1-4H3,(H,15,20)(H2,13,14,16,17,18). The van der Waals surface area contributed by atoms with E-state index in [-0.39, 0.29) is 12.0 Å². The van der Waals surface area contributed by atoms with Crippen molar-refractivity contribution < 1.29 is 9.53 Å². The van der Waals surface area contributed by atoms with Crippen LogP contribution in [-0.2, 0) is 0 Å². The van der Waals surface area contributed by atoms with Crippen LogP contribution in [0.15, 0.2) is 0 Å². The molecular weight excluding hydrogens is 274 g/mol. The minimum atomic E-state index is -0.143. The molecule has 2 amide bonds. The van der Waals surface area contributed by atoms with Gasteiger partial charge in [0.05, 0.1) is 6.61 Å². The number of nitrogens with one attached hydrogen (secondary N) is 3. The lowest BCUT2D eigenvalue weighted by Crippen LogP contribution is -2.37. The molecule has 118 valence electrons. The third kappa shape index (κ3) is 6.11. The average Bonchev–Trinajstić information content (AvgIpc) is 2.44. The zero-order valence-corrected chi connectivity index (χ0v) is 12.9. The van der Waals surface area contributed by atoms with Gasteiger partial charge in [-0.1, -0.05) is 0 Å². The fourth-order valence-corrected chi connectivity index (χ4v) is 1.37. The Morgan fingerprint density at radius 1 is 1.10 bits per heavy atom. The molecule has 0 saturated heterocycles. The monoisotopic (exact) mass is 297 g/mol. The van der Waals surface area contributed by atoms with Crippen molar-refractivity contribution in [1.29, 1.82) is 0 Å². The van der Waals surface area contributed by atoms with Crippen molar-refractivity contribution in [2.45, 2.75) is 13.8 Å². The van der Waals surface area contributed by atoms with Crippen LogP contribution in [0.3, 0.4) is 0 Å². The highest BCUT2D eigenvalue weighted by molar-refractivity contribution is 5.73. The predicted octanol–water partition coefficient (Wildman–Crippen LogP) is 0.385. The number of carbonyl (C=O) groups is 1. The number of rotatable bonds is 8. The Labute approximate surface area is 124 Å². The molecule has 0 saturated carbocycles. The molecule has 9 heteroatoms. The third-order valence-corrected chi connectivity index (χ3v) is 2.31. The molecule has 0 spiro atoms. The SMILES string of the molecule is CCNc1nc(NCCNC(=O)N(C)C)nc(OCC)n1. The molecule has 0 bridgehead atoms. The summed E-state index contributed by atoms with van der Waals surface area (Å²) in [7, 11) is 3.37. The van der Waals surface area contributed by atoms with E-state index in [4.69, 9.17) is 4.74 Å². The van der Waals surface area contributed by atoms with E-state index in [0.29, 0.717) is 38.1 Å². The Kier molecular flexibility index (Phi) is 6.99. The van der Waals surface area contributed by atoms with E-state index >= 15 is 0 Å². The molecule has 0 aliphatic carbocycles. The number of urea groups is 1. The lowest BCUT2D eigenvalue weighted by molar-refractivity contribution is 0.218. The van der Waals surface area contributed by atoms with Gasteiger partial charge in [0.25, 0.3) is 0 Å². The summed E-state index contributed by atoms with van der Waals surface area (Å²) in [6, 6.07) is 0.124. The molecule has 1 rings (SSSR count). The Hall–Kier alpha value is -2.32. The molecule has 0 aromatic carbocycles. The smallest absolute Gasteiger partial charge is 0.323 e. The Balaban J connectivity index is 2.54. The summed E-state index contributed by atoms with van der Waals surface area (Å²) in [5, 5.41) is 8.77. The van der Waals surface area contributed by atoms with Gasteiger partial charge in [0.15, 0.2) is 0 Å². The topological polar surface area (TPSA) is 104 Å². The number of anilines is 2. The minimum Gasteiger partial charge on any atom is -0.464 e. The van der Waals surface area contributed by atoms with Crippen molar-refractivity contribution in [3.05, 3.63) is 0 Å². The van der Waals surface area contributed by atoms with E-state index in [9.17, 15) is 4.79 Å². The molecule has 1 aromatic heterocycles. The lowest BCUT2D eigenvalue weighted by atomic mass is 10.6. The molecule has 3 N–H and O–H groups in total. The lowest BCUT2D eigenvalue weighted by Gasteiger charge is -2.12. The molecule has 1 heterocycles. The first-order chi connectivity index (χ1) is 10.1. The van der Waals surface area contributed by atoms with Crippen LogP contribution in [-0.4, -0.2) is 66.2 Å². The molecule has 0 atom stereocenters. The first-order valence-corrected chi connectivity index (χ1v) is 6.88. The zero-order chi connectivity index (χ0) is 15.7. The van der Waals surface area contributed by atoms with Crippen LogP contribution in [0, 0.1) is 0 Å². The number of ether oxygens (including phenoxy) is 1. The van der Waals surface area contributed by atoms with E-state index < -0.39 is 0 Å². The third-order valence-electron chi connectivity index (χ3n) is 2.31. The summed E-state index contributed by atoms with van der Waals surface area (Å²) in [5.74, 6) is 0.860. The number of nitrogens with zero attached hydrogens (tertiary/aromatic N) is 4. The number of aromatic nitrogens is 3. The van der Waals surface area contributed by atoms with Crippen molar-refractivity contribution in [3.8, 4) is 6.01 Å². The molecule has 0 fully saturated rings. The highest BCUT2D eigenvalue weighted by Crippen LogP contribution is 2.10. The van der Waals surface area contributed by atoms with E-state index in [1.165, 1.54) is 4.90 Å². The first-order valence-electron chi connectivity index (χ1n) is 6.88. The summed E-state index contributed by atoms with van der Waals surface area (Å²) >= 11 is 0. The molecule has 0 aliphatic heterocycles. The van der Waals surface area contributed by atoms with Gasteiger partial charge in [-0.25, -0.2) is 4.79 Å². The van der Waals surface area contributed by atoms with Crippen LogP contribution in [0.2, 0.25) is 0 Å². The Bertz CT molecular complexity index is 429. The van der Waals surface area contributed by atoms with Gasteiger partial charge in [-0.15, -0.1) is 0 Å². The second-order valence-corrected chi connectivity index (χ2v) is 4.28. The van der Waals surface area contributed by atoms with Crippen molar-refractivity contribution >= 4 is 17.9 Å². The van der Waals surface area contributed by atoms with E-state index in [1.807, 2.05) is 13.8 Å². The number of hydrogen-bond donors (Lipinski definition) is 3. The normalized spacial score (nSPS) is 9.90. The van der Waals surface area contributed by atoms with Crippen molar-refractivity contribution in [2.75, 3.05) is 51.0 Å². The van der Waals surface area contributed by atoms with Gasteiger partial charge in [0, 0.05) is 33.7 Å². The predicted molar refractivity (Wildman–Crippen MR) is 80.7 cm³/mol. The molecular formula is C12H23N7O2. The van der Waals surface area contributed by atoms with E-state index in [1.54, 1.807) is 14.1 Å². The second-order valence-electron chi connectivity index (χ2n) is 4.28. The minimum absolute atomic E-state index is 0.143. The van der Waals surface area contributed by atoms with E-state index in [0.717, 1.165) is 0 Å². The maximum atomic E-state index is 11.3. The molecule has 21 heavy (non-hydrogen) atoms. The van der Waals surface area contributed by atoms with Gasteiger partial charge in [0.1, 0.15) is 0 Å². The van der Waals surface area contributed by atoms with Crippen LogP contribution >= 0.6 is 0 Å². The highest BCUT2D eigenvalue weighted by atomic mass is 16.5. The number of amides is 2. The summed E-state index contributed by atoms with van der Waals surface area (Å²) in [4.78, 5) is 25.3. The number of hydrogen-bond acceptors (Lipinski definition) is 7. The van der Waals surface area contributed by atoms with Crippen LogP contribution in [0.5, 0.6) is 6.01 Å². The maximum Gasteiger partial charge on any atom is 0.323 e. The Morgan fingerprint density at radius 2 is 1.76 bits per heavy atom. The summed E-state index contributed by atoms with van der Waals surface area (Å²) in [5.41, 5.74) is 0. The molecule has 1 aromatic rings. The van der Waals surface area contributed by atoms with Gasteiger partial charge >= 0.3 is 12.0 Å². The van der Waals surface area contributed by atoms with Crippen LogP contribution in [0.25, 0.3) is 0 Å². The van der Waals surface area contributed by atoms with Crippen molar-refractivity contribution in [3.63, 3.8) is 0 Å². The van der Waals surface area contributed by atoms with E-state index in [2.05, 4.69) is 30.9 Å². The molecule has 0 unspecified atom stereocenters. The maximum absolute atomic E-state index is 11.3. The molecule has 9 nitrogen and oxygen atoms in total. The van der Waals surface area contributed by atoms with Gasteiger partial charge in [0.2, 0.25) is 11.9 Å². The van der Waals surface area contributed by atoms with Crippen LogP contribution < -0.4 is 20.7 Å².